The molecule has 126 valence electrons. The maximum atomic E-state index is 12.6. The third-order valence-electron chi connectivity index (χ3n) is 3.33. The number of para-hydroxylation sites is 2. The number of ether oxygens (including phenoxy) is 2. The van der Waals surface area contributed by atoms with Crippen LogP contribution in [0.5, 0.6) is 11.5 Å². The zero-order valence-corrected chi connectivity index (χ0v) is 14.1. The summed E-state index contributed by atoms with van der Waals surface area (Å²) in [5.74, 6) is 0.744. The molecule has 0 radical (unpaired) electrons. The van der Waals surface area contributed by atoms with Crippen LogP contribution in [0.2, 0.25) is 0 Å². The van der Waals surface area contributed by atoms with Crippen molar-refractivity contribution in [2.24, 2.45) is 0 Å². The van der Waals surface area contributed by atoms with Gasteiger partial charge in [-0.3, -0.25) is 9.59 Å². The summed E-state index contributed by atoms with van der Waals surface area (Å²) in [6.07, 6.45) is -0.729. The minimum absolute atomic E-state index is 0.00805. The number of carbonyl (C=O) groups excluding carboxylic acids is 2. The van der Waals surface area contributed by atoms with Crippen molar-refractivity contribution >= 4 is 11.8 Å². The van der Waals surface area contributed by atoms with Crippen LogP contribution >= 0.6 is 0 Å². The van der Waals surface area contributed by atoms with Gasteiger partial charge in [0.15, 0.2) is 11.5 Å². The number of carbonyl (C=O) groups is 2. The molecule has 1 N–H and O–H groups in total. The Bertz CT molecular complexity index is 580. The minimum Gasteiger partial charge on any atom is -0.485 e. The number of amides is 2. The Morgan fingerprint density at radius 2 is 1.91 bits per heavy atom. The van der Waals surface area contributed by atoms with Gasteiger partial charge in [0.2, 0.25) is 12.0 Å². The molecule has 0 bridgehead atoms. The Hall–Kier alpha value is -2.24. The quantitative estimate of drug-likeness (QED) is 0.915. The van der Waals surface area contributed by atoms with Crippen LogP contribution in [-0.2, 0) is 9.59 Å². The van der Waals surface area contributed by atoms with Crippen molar-refractivity contribution in [3.05, 3.63) is 24.3 Å². The number of nitrogens with zero attached hydrogens (tertiary/aromatic N) is 1. The number of hydrogen-bond donors (Lipinski definition) is 1. The average Bonchev–Trinajstić information content (AvgIpc) is 2.49. The number of rotatable bonds is 4. The third kappa shape index (κ3) is 4.61. The van der Waals surface area contributed by atoms with Crippen molar-refractivity contribution in [2.75, 3.05) is 19.7 Å². The van der Waals surface area contributed by atoms with Gasteiger partial charge in [-0.2, -0.15) is 0 Å². The molecule has 0 spiro atoms. The lowest BCUT2D eigenvalue weighted by Gasteiger charge is -2.30. The molecule has 1 unspecified atom stereocenters. The van der Waals surface area contributed by atoms with Gasteiger partial charge < -0.3 is 19.7 Å². The van der Waals surface area contributed by atoms with E-state index in [-0.39, 0.29) is 30.5 Å². The molecule has 0 aliphatic carbocycles. The molecule has 1 aromatic carbocycles. The summed E-state index contributed by atoms with van der Waals surface area (Å²) in [7, 11) is 0. The maximum Gasteiger partial charge on any atom is 0.267 e. The van der Waals surface area contributed by atoms with Gasteiger partial charge in [0.05, 0.1) is 6.54 Å². The number of benzene rings is 1. The molecular weight excluding hydrogens is 296 g/mol. The molecular formula is C17H24N2O4. The first-order valence-corrected chi connectivity index (χ1v) is 7.78. The van der Waals surface area contributed by atoms with Gasteiger partial charge in [-0.15, -0.1) is 0 Å². The highest BCUT2D eigenvalue weighted by Gasteiger charge is 2.31. The van der Waals surface area contributed by atoms with Crippen LogP contribution in [-0.4, -0.2) is 48.1 Å². The highest BCUT2D eigenvalue weighted by molar-refractivity contribution is 5.87. The molecule has 0 saturated carbocycles. The Labute approximate surface area is 136 Å². The van der Waals surface area contributed by atoms with E-state index in [1.807, 2.05) is 39.8 Å². The molecule has 6 nitrogen and oxygen atoms in total. The summed E-state index contributed by atoms with van der Waals surface area (Å²) in [5, 5.41) is 2.85. The van der Waals surface area contributed by atoms with Gasteiger partial charge in [0, 0.05) is 12.1 Å². The predicted octanol–water partition coefficient (Wildman–Crippen LogP) is 1.59. The van der Waals surface area contributed by atoms with Gasteiger partial charge in [0.25, 0.3) is 5.91 Å². The van der Waals surface area contributed by atoms with Crippen LogP contribution in [0, 0.1) is 0 Å². The van der Waals surface area contributed by atoms with E-state index >= 15 is 0 Å². The van der Waals surface area contributed by atoms with Crippen LogP contribution in [0.25, 0.3) is 0 Å². The van der Waals surface area contributed by atoms with Gasteiger partial charge in [-0.05, 0) is 39.8 Å². The van der Waals surface area contributed by atoms with E-state index in [0.29, 0.717) is 18.0 Å². The fraction of sp³-hybridized carbons (Fsp3) is 0.529. The molecule has 2 rings (SSSR count). The Morgan fingerprint density at radius 3 is 2.52 bits per heavy atom. The van der Waals surface area contributed by atoms with Crippen molar-refractivity contribution in [3.8, 4) is 11.5 Å². The second kappa shape index (κ2) is 6.89. The van der Waals surface area contributed by atoms with Crippen LogP contribution in [0.4, 0.5) is 0 Å². The topological polar surface area (TPSA) is 67.9 Å². The molecule has 1 aromatic rings. The summed E-state index contributed by atoms with van der Waals surface area (Å²) in [6, 6.07) is 7.23. The van der Waals surface area contributed by atoms with E-state index in [1.54, 1.807) is 12.1 Å². The van der Waals surface area contributed by atoms with E-state index in [0.717, 1.165) is 0 Å². The van der Waals surface area contributed by atoms with E-state index in [2.05, 4.69) is 5.32 Å². The van der Waals surface area contributed by atoms with Crippen molar-refractivity contribution in [1.29, 1.82) is 0 Å². The second-order valence-corrected chi connectivity index (χ2v) is 6.51. The Balaban J connectivity index is 1.99. The first-order chi connectivity index (χ1) is 10.8. The van der Waals surface area contributed by atoms with E-state index in [4.69, 9.17) is 9.47 Å². The first-order valence-electron chi connectivity index (χ1n) is 7.78. The number of likely N-dealkylation sites (N-methyl/N-ethyl adjacent to an activating group) is 1. The van der Waals surface area contributed by atoms with Gasteiger partial charge in [0.1, 0.15) is 6.61 Å². The molecule has 1 aliphatic rings. The predicted molar refractivity (Wildman–Crippen MR) is 86.5 cm³/mol. The highest BCUT2D eigenvalue weighted by atomic mass is 16.6. The van der Waals surface area contributed by atoms with E-state index in [1.165, 1.54) is 4.90 Å². The largest absolute Gasteiger partial charge is 0.485 e. The first kappa shape index (κ1) is 17.1. The molecule has 0 fully saturated rings. The lowest BCUT2D eigenvalue weighted by Crippen LogP contribution is -2.51. The van der Waals surface area contributed by atoms with Crippen LogP contribution < -0.4 is 14.8 Å². The Kier molecular flexibility index (Phi) is 5.13. The normalized spacial score (nSPS) is 16.6. The van der Waals surface area contributed by atoms with Gasteiger partial charge in [-0.1, -0.05) is 12.1 Å². The second-order valence-electron chi connectivity index (χ2n) is 6.51. The van der Waals surface area contributed by atoms with Crippen LogP contribution in [0.3, 0.4) is 0 Å². The zero-order chi connectivity index (χ0) is 17.0. The molecule has 0 saturated heterocycles. The number of nitrogens with one attached hydrogen (secondary N) is 1. The fourth-order valence-corrected chi connectivity index (χ4v) is 2.32. The molecule has 2 amide bonds. The van der Waals surface area contributed by atoms with Crippen molar-refractivity contribution < 1.29 is 19.1 Å². The fourth-order valence-electron chi connectivity index (χ4n) is 2.32. The number of hydrogen-bond acceptors (Lipinski definition) is 4. The van der Waals surface area contributed by atoms with Crippen LogP contribution in [0.1, 0.15) is 27.7 Å². The highest BCUT2D eigenvalue weighted by Crippen LogP contribution is 2.31. The summed E-state index contributed by atoms with van der Waals surface area (Å²) < 4.78 is 11.3. The van der Waals surface area contributed by atoms with Crippen molar-refractivity contribution in [3.63, 3.8) is 0 Å². The van der Waals surface area contributed by atoms with Gasteiger partial charge in [-0.25, -0.2) is 0 Å². The summed E-state index contributed by atoms with van der Waals surface area (Å²) in [5.41, 5.74) is -0.330. The summed E-state index contributed by atoms with van der Waals surface area (Å²) in [6.45, 7) is 8.12. The SMILES string of the molecule is CCN(CC(=O)NC(C)(C)C)C(=O)C1COc2ccccc2O1. The molecule has 1 aliphatic heterocycles. The minimum atomic E-state index is -0.729. The Morgan fingerprint density at radius 1 is 1.26 bits per heavy atom. The molecule has 23 heavy (non-hydrogen) atoms. The molecule has 1 atom stereocenters. The monoisotopic (exact) mass is 320 g/mol. The standard InChI is InChI=1S/C17H24N2O4/c1-5-19(10-15(20)18-17(2,3)4)16(21)14-11-22-12-8-6-7-9-13(12)23-14/h6-9,14H,5,10-11H2,1-4H3,(H,18,20). The van der Waals surface area contributed by atoms with Crippen molar-refractivity contribution in [2.45, 2.75) is 39.3 Å². The lowest BCUT2D eigenvalue weighted by atomic mass is 10.1. The summed E-state index contributed by atoms with van der Waals surface area (Å²) >= 11 is 0. The van der Waals surface area contributed by atoms with Crippen molar-refractivity contribution in [1.82, 2.24) is 10.2 Å². The summed E-state index contributed by atoms with van der Waals surface area (Å²) in [4.78, 5) is 26.1. The molecule has 1 heterocycles. The lowest BCUT2D eigenvalue weighted by molar-refractivity contribution is -0.144. The van der Waals surface area contributed by atoms with E-state index < -0.39 is 6.10 Å². The van der Waals surface area contributed by atoms with Crippen LogP contribution in [0.15, 0.2) is 24.3 Å². The maximum absolute atomic E-state index is 12.6. The molecule has 6 heteroatoms. The van der Waals surface area contributed by atoms with E-state index in [9.17, 15) is 9.59 Å². The average molecular weight is 320 g/mol. The number of fused-ring (bicyclic) bond motifs is 1. The smallest absolute Gasteiger partial charge is 0.267 e. The molecule has 0 aromatic heterocycles. The third-order valence-corrected chi connectivity index (χ3v) is 3.33. The zero-order valence-electron chi connectivity index (χ0n) is 14.1. The van der Waals surface area contributed by atoms with Gasteiger partial charge >= 0.3 is 0 Å².